The van der Waals surface area contributed by atoms with Crippen LogP contribution in [0.15, 0.2) is 0 Å². The average molecular weight is 500 g/mol. The molecule has 0 aliphatic rings. The molecule has 0 spiro atoms. The van der Waals surface area contributed by atoms with Gasteiger partial charge in [0.2, 0.25) is 0 Å². The molecule has 0 fully saturated rings. The molecule has 0 saturated carbocycles. The first-order valence-corrected chi connectivity index (χ1v) is 6.71. The molecule has 0 bridgehead atoms. The van der Waals surface area contributed by atoms with Crippen molar-refractivity contribution >= 4 is 22.6 Å². The van der Waals surface area contributed by atoms with Crippen molar-refractivity contribution in [3.8, 4) is 0 Å². The molecule has 24 heavy (non-hydrogen) atoms. The maximum absolute atomic E-state index is 13.6. The van der Waals surface area contributed by atoms with Crippen molar-refractivity contribution in [2.45, 2.75) is 52.8 Å². The molecule has 0 aliphatic carbocycles. The van der Waals surface area contributed by atoms with E-state index in [1.54, 1.807) is 0 Å². The number of alkyl halides is 13. The Morgan fingerprint density at radius 2 is 0.917 bits per heavy atom. The fraction of sp³-hybridized carbons (Fsp3) is 1.00. The van der Waals surface area contributed by atoms with Crippen LogP contribution in [0.5, 0.6) is 0 Å². The van der Waals surface area contributed by atoms with Gasteiger partial charge < -0.3 is 5.11 Å². The Morgan fingerprint density at radius 3 is 1.17 bits per heavy atom. The first-order chi connectivity index (χ1) is 10.1. The van der Waals surface area contributed by atoms with E-state index < -0.39 is 52.5 Å². The minimum absolute atomic E-state index is 0.0636. The smallest absolute Gasteiger partial charge is 0.395 e. The number of halogens is 13. The standard InChI is InChI=1S/C10H9F12IO/c1-4(23,3-24)6(12,13)8(16,17)9(18,19)7(14,15)5(2,11)10(20,21)22/h24H,3H2,1-2H3. The van der Waals surface area contributed by atoms with Crippen molar-refractivity contribution < 1.29 is 57.8 Å². The summed E-state index contributed by atoms with van der Waals surface area (Å²) in [6, 6.07) is 0. The monoisotopic (exact) mass is 500 g/mol. The SMILES string of the molecule is CC(I)(CO)C(F)(F)C(F)(F)C(F)(F)C(F)(F)C(C)(F)C(F)(F)F. The van der Waals surface area contributed by atoms with Crippen LogP contribution in [-0.4, -0.2) is 50.7 Å². The predicted octanol–water partition coefficient (Wildman–Crippen LogP) is 5.00. The van der Waals surface area contributed by atoms with Crippen LogP contribution in [0.25, 0.3) is 0 Å². The first-order valence-electron chi connectivity index (χ1n) is 5.63. The van der Waals surface area contributed by atoms with Crippen LogP contribution in [0.3, 0.4) is 0 Å². The Bertz CT molecular complexity index is 467. The average Bonchev–Trinajstić information content (AvgIpc) is 2.36. The summed E-state index contributed by atoms with van der Waals surface area (Å²) in [5, 5.41) is 8.54. The lowest BCUT2D eigenvalue weighted by atomic mass is 9.84. The van der Waals surface area contributed by atoms with Gasteiger partial charge in [-0.3, -0.25) is 0 Å². The number of aliphatic hydroxyl groups excluding tert-OH is 1. The van der Waals surface area contributed by atoms with Crippen molar-refractivity contribution in [1.29, 1.82) is 0 Å². The number of hydrogen-bond acceptors (Lipinski definition) is 1. The quantitative estimate of drug-likeness (QED) is 0.309. The van der Waals surface area contributed by atoms with Crippen molar-refractivity contribution in [3.05, 3.63) is 0 Å². The molecule has 0 heterocycles. The summed E-state index contributed by atoms with van der Waals surface area (Å²) in [5.41, 5.74) is -6.25. The molecule has 0 aromatic rings. The fourth-order valence-corrected chi connectivity index (χ4v) is 1.63. The van der Waals surface area contributed by atoms with Gasteiger partial charge in [0.05, 0.1) is 6.61 Å². The molecule has 0 aromatic heterocycles. The largest absolute Gasteiger partial charge is 0.428 e. The summed E-state index contributed by atoms with van der Waals surface area (Å²) in [7, 11) is 0. The number of aliphatic hydroxyl groups is 1. The van der Waals surface area contributed by atoms with E-state index in [0.29, 0.717) is 22.6 Å². The topological polar surface area (TPSA) is 20.2 Å². The van der Waals surface area contributed by atoms with Gasteiger partial charge in [-0.15, -0.1) is 0 Å². The van der Waals surface area contributed by atoms with Crippen molar-refractivity contribution in [2.24, 2.45) is 0 Å². The number of rotatable bonds is 6. The lowest BCUT2D eigenvalue weighted by Gasteiger charge is -2.44. The van der Waals surface area contributed by atoms with E-state index in [4.69, 9.17) is 5.11 Å². The Labute approximate surface area is 140 Å². The van der Waals surface area contributed by atoms with Gasteiger partial charge >= 0.3 is 29.9 Å². The van der Waals surface area contributed by atoms with Gasteiger partial charge in [0, 0.05) is 0 Å². The van der Waals surface area contributed by atoms with E-state index in [0.717, 1.165) is 0 Å². The summed E-state index contributed by atoms with van der Waals surface area (Å²) in [6.07, 6.45) is -6.77. The van der Waals surface area contributed by atoms with Gasteiger partial charge in [-0.25, -0.2) is 4.39 Å². The van der Waals surface area contributed by atoms with Crippen LogP contribution in [0.4, 0.5) is 52.7 Å². The highest BCUT2D eigenvalue weighted by Gasteiger charge is 2.89. The maximum atomic E-state index is 13.6. The second-order valence-corrected chi connectivity index (χ2v) is 7.53. The second-order valence-electron chi connectivity index (χ2n) is 5.15. The van der Waals surface area contributed by atoms with E-state index in [9.17, 15) is 52.7 Å². The van der Waals surface area contributed by atoms with Gasteiger partial charge in [-0.05, 0) is 13.8 Å². The van der Waals surface area contributed by atoms with Gasteiger partial charge in [-0.1, -0.05) is 22.6 Å². The molecule has 1 N–H and O–H groups in total. The van der Waals surface area contributed by atoms with E-state index in [2.05, 4.69) is 0 Å². The highest BCUT2D eigenvalue weighted by molar-refractivity contribution is 14.1. The summed E-state index contributed by atoms with van der Waals surface area (Å²) in [5.74, 6) is -28.0. The summed E-state index contributed by atoms with van der Waals surface area (Å²) < 4.78 is 154. The molecule has 0 amide bonds. The lowest BCUT2D eigenvalue weighted by Crippen LogP contribution is -2.73. The predicted molar refractivity (Wildman–Crippen MR) is 64.9 cm³/mol. The van der Waals surface area contributed by atoms with Crippen LogP contribution < -0.4 is 0 Å². The third kappa shape index (κ3) is 2.94. The molecule has 0 radical (unpaired) electrons. The second kappa shape index (κ2) is 5.94. The van der Waals surface area contributed by atoms with Crippen LogP contribution in [0.1, 0.15) is 13.8 Å². The molecule has 0 aliphatic heterocycles. The van der Waals surface area contributed by atoms with Crippen LogP contribution in [-0.2, 0) is 0 Å². The Kier molecular flexibility index (Phi) is 5.90. The molecule has 146 valence electrons. The molecule has 0 aromatic carbocycles. The molecule has 2 unspecified atom stereocenters. The van der Waals surface area contributed by atoms with Gasteiger partial charge in [-0.2, -0.15) is 48.3 Å². The lowest BCUT2D eigenvalue weighted by molar-refractivity contribution is -0.414. The molecule has 1 nitrogen and oxygen atoms in total. The third-order valence-corrected chi connectivity index (χ3v) is 4.28. The van der Waals surface area contributed by atoms with Crippen LogP contribution in [0, 0.1) is 0 Å². The van der Waals surface area contributed by atoms with Crippen molar-refractivity contribution in [1.82, 2.24) is 0 Å². The maximum Gasteiger partial charge on any atom is 0.428 e. The third-order valence-electron chi connectivity index (χ3n) is 3.26. The summed E-state index contributed by atoms with van der Waals surface area (Å²) in [6.45, 7) is -3.04. The molecular formula is C10H9F12IO. The zero-order valence-corrected chi connectivity index (χ0v) is 13.7. The molecule has 0 saturated heterocycles. The Hall–Kier alpha value is -0.150. The molecule has 2 atom stereocenters. The van der Waals surface area contributed by atoms with Crippen molar-refractivity contribution in [3.63, 3.8) is 0 Å². The normalized spacial score (nSPS) is 20.5. The van der Waals surface area contributed by atoms with Gasteiger partial charge in [0.15, 0.2) is 0 Å². The fourth-order valence-electron chi connectivity index (χ4n) is 1.29. The minimum Gasteiger partial charge on any atom is -0.395 e. The molecular weight excluding hydrogens is 491 g/mol. The molecule has 14 heteroatoms. The van der Waals surface area contributed by atoms with E-state index in [1.165, 1.54) is 0 Å². The summed E-state index contributed by atoms with van der Waals surface area (Å²) >= 11 is 0.339. The zero-order valence-electron chi connectivity index (χ0n) is 11.6. The van der Waals surface area contributed by atoms with E-state index in [1.807, 2.05) is 0 Å². The van der Waals surface area contributed by atoms with Crippen molar-refractivity contribution in [2.75, 3.05) is 6.61 Å². The summed E-state index contributed by atoms with van der Waals surface area (Å²) in [4.78, 5) is 0. The highest BCUT2D eigenvalue weighted by atomic mass is 127. The Morgan fingerprint density at radius 1 is 0.625 bits per heavy atom. The van der Waals surface area contributed by atoms with Crippen LogP contribution >= 0.6 is 22.6 Å². The van der Waals surface area contributed by atoms with Gasteiger partial charge in [0.25, 0.3) is 5.67 Å². The van der Waals surface area contributed by atoms with E-state index >= 15 is 0 Å². The first kappa shape index (κ1) is 23.9. The van der Waals surface area contributed by atoms with Gasteiger partial charge in [0.1, 0.15) is 3.42 Å². The van der Waals surface area contributed by atoms with E-state index in [-0.39, 0.29) is 6.92 Å². The van der Waals surface area contributed by atoms with Crippen LogP contribution in [0.2, 0.25) is 0 Å². The highest BCUT2D eigenvalue weighted by Crippen LogP contribution is 2.62. The minimum atomic E-state index is -7.45. The number of hydrogen-bond donors (Lipinski definition) is 1. The Balaban J connectivity index is 6.42. The molecule has 0 rings (SSSR count). The zero-order chi connectivity index (χ0) is 20.2.